The molecule has 0 saturated heterocycles. The van der Waals surface area contributed by atoms with Gasteiger partial charge in [0.1, 0.15) is 6.07 Å². The standard InChI is InChI=1S/C15H12BrClN2/c1-10(13-4-2-3-5-14(13)16)19-15-8-12(17)7-6-11(15)9-18/h2-8,10,19H,1H3. The van der Waals surface area contributed by atoms with Crippen molar-refractivity contribution in [2.45, 2.75) is 13.0 Å². The molecule has 0 spiro atoms. The zero-order chi connectivity index (χ0) is 13.8. The molecule has 96 valence electrons. The number of benzene rings is 2. The van der Waals surface area contributed by atoms with Crippen molar-refractivity contribution in [3.63, 3.8) is 0 Å². The number of anilines is 1. The monoisotopic (exact) mass is 334 g/mol. The molecule has 0 heterocycles. The summed E-state index contributed by atoms with van der Waals surface area (Å²) in [6.45, 7) is 2.04. The smallest absolute Gasteiger partial charge is 0.101 e. The number of hydrogen-bond donors (Lipinski definition) is 1. The molecule has 4 heteroatoms. The highest BCUT2D eigenvalue weighted by Gasteiger charge is 2.11. The van der Waals surface area contributed by atoms with E-state index >= 15 is 0 Å². The first-order chi connectivity index (χ1) is 9.11. The highest BCUT2D eigenvalue weighted by atomic mass is 79.9. The Morgan fingerprint density at radius 3 is 2.68 bits per heavy atom. The molecule has 0 saturated carbocycles. The lowest BCUT2D eigenvalue weighted by Crippen LogP contribution is -2.08. The van der Waals surface area contributed by atoms with Crippen molar-refractivity contribution in [2.24, 2.45) is 0 Å². The number of halogens is 2. The fraction of sp³-hybridized carbons (Fsp3) is 0.133. The molecule has 19 heavy (non-hydrogen) atoms. The highest BCUT2D eigenvalue weighted by molar-refractivity contribution is 9.10. The van der Waals surface area contributed by atoms with Crippen molar-refractivity contribution < 1.29 is 0 Å². The van der Waals surface area contributed by atoms with Crippen LogP contribution in [0, 0.1) is 11.3 Å². The molecule has 1 N–H and O–H groups in total. The van der Waals surface area contributed by atoms with Gasteiger partial charge in [0.15, 0.2) is 0 Å². The van der Waals surface area contributed by atoms with Crippen LogP contribution in [-0.4, -0.2) is 0 Å². The lowest BCUT2D eigenvalue weighted by Gasteiger charge is -2.18. The van der Waals surface area contributed by atoms with Gasteiger partial charge in [-0.25, -0.2) is 0 Å². The summed E-state index contributed by atoms with van der Waals surface area (Å²) in [4.78, 5) is 0. The van der Waals surface area contributed by atoms with Crippen LogP contribution in [0.25, 0.3) is 0 Å². The maximum Gasteiger partial charge on any atom is 0.101 e. The van der Waals surface area contributed by atoms with Crippen LogP contribution in [0.2, 0.25) is 5.02 Å². The topological polar surface area (TPSA) is 35.8 Å². The Morgan fingerprint density at radius 2 is 2.00 bits per heavy atom. The average molecular weight is 336 g/mol. The van der Waals surface area contributed by atoms with Crippen LogP contribution in [0.15, 0.2) is 46.9 Å². The van der Waals surface area contributed by atoms with E-state index in [9.17, 15) is 0 Å². The van der Waals surface area contributed by atoms with E-state index in [4.69, 9.17) is 16.9 Å². The van der Waals surface area contributed by atoms with E-state index in [1.807, 2.05) is 31.2 Å². The zero-order valence-electron chi connectivity index (χ0n) is 10.3. The van der Waals surface area contributed by atoms with Gasteiger partial charge in [-0.15, -0.1) is 0 Å². The first-order valence-corrected chi connectivity index (χ1v) is 6.99. The van der Waals surface area contributed by atoms with E-state index in [2.05, 4.69) is 27.3 Å². The maximum atomic E-state index is 9.11. The Balaban J connectivity index is 2.29. The molecule has 2 rings (SSSR count). The summed E-state index contributed by atoms with van der Waals surface area (Å²) in [5.74, 6) is 0. The van der Waals surface area contributed by atoms with Gasteiger partial charge in [0, 0.05) is 15.5 Å². The summed E-state index contributed by atoms with van der Waals surface area (Å²) in [5, 5.41) is 13.0. The molecule has 0 aliphatic heterocycles. The summed E-state index contributed by atoms with van der Waals surface area (Å²) in [7, 11) is 0. The summed E-state index contributed by atoms with van der Waals surface area (Å²) >= 11 is 9.51. The number of rotatable bonds is 3. The molecule has 0 amide bonds. The van der Waals surface area contributed by atoms with Crippen molar-refractivity contribution in [2.75, 3.05) is 5.32 Å². The van der Waals surface area contributed by atoms with E-state index in [0.29, 0.717) is 10.6 Å². The molecule has 0 aliphatic rings. The van der Waals surface area contributed by atoms with Crippen LogP contribution in [0.4, 0.5) is 5.69 Å². The Labute approximate surface area is 126 Å². The summed E-state index contributed by atoms with van der Waals surface area (Å²) in [5.41, 5.74) is 2.47. The molecule has 2 aromatic rings. The fourth-order valence-corrected chi connectivity index (χ4v) is 2.67. The van der Waals surface area contributed by atoms with Crippen LogP contribution >= 0.6 is 27.5 Å². The third-order valence-corrected chi connectivity index (χ3v) is 3.80. The third kappa shape index (κ3) is 3.28. The van der Waals surface area contributed by atoms with Crippen LogP contribution < -0.4 is 5.32 Å². The van der Waals surface area contributed by atoms with Crippen LogP contribution in [-0.2, 0) is 0 Å². The largest absolute Gasteiger partial charge is 0.377 e. The van der Waals surface area contributed by atoms with Gasteiger partial charge in [-0.05, 0) is 36.8 Å². The number of hydrogen-bond acceptors (Lipinski definition) is 2. The Morgan fingerprint density at radius 1 is 1.26 bits per heavy atom. The molecule has 0 radical (unpaired) electrons. The summed E-state index contributed by atoms with van der Waals surface area (Å²) in [6.07, 6.45) is 0. The van der Waals surface area contributed by atoms with Gasteiger partial charge < -0.3 is 5.32 Å². The first kappa shape index (κ1) is 13.9. The second-order valence-corrected chi connectivity index (χ2v) is 5.48. The Kier molecular flexibility index (Phi) is 4.47. The van der Waals surface area contributed by atoms with Gasteiger partial charge in [0.05, 0.1) is 11.3 Å². The van der Waals surface area contributed by atoms with Crippen LogP contribution in [0.5, 0.6) is 0 Å². The molecule has 2 nitrogen and oxygen atoms in total. The van der Waals surface area contributed by atoms with Crippen LogP contribution in [0.3, 0.4) is 0 Å². The molecular weight excluding hydrogens is 324 g/mol. The van der Waals surface area contributed by atoms with Crippen molar-refractivity contribution in [1.82, 2.24) is 0 Å². The molecule has 1 atom stereocenters. The summed E-state index contributed by atoms with van der Waals surface area (Å²) in [6, 6.07) is 15.4. The minimum Gasteiger partial charge on any atom is -0.377 e. The minimum atomic E-state index is 0.0705. The normalized spacial score (nSPS) is 11.7. The van der Waals surface area contributed by atoms with Crippen molar-refractivity contribution in [3.8, 4) is 6.07 Å². The lowest BCUT2D eigenvalue weighted by molar-refractivity contribution is 0.878. The number of nitriles is 1. The SMILES string of the molecule is CC(Nc1cc(Cl)ccc1C#N)c1ccccc1Br. The van der Waals surface area contributed by atoms with Crippen molar-refractivity contribution in [1.29, 1.82) is 5.26 Å². The van der Waals surface area contributed by atoms with Gasteiger partial charge in [-0.1, -0.05) is 45.7 Å². The van der Waals surface area contributed by atoms with Crippen molar-refractivity contribution >= 4 is 33.2 Å². The Bertz CT molecular complexity index is 634. The number of nitrogens with zero attached hydrogens (tertiary/aromatic N) is 1. The summed E-state index contributed by atoms with van der Waals surface area (Å²) < 4.78 is 1.04. The van der Waals surface area contributed by atoms with E-state index in [-0.39, 0.29) is 6.04 Å². The second kappa shape index (κ2) is 6.10. The molecule has 0 fully saturated rings. The van der Waals surface area contributed by atoms with Gasteiger partial charge in [-0.3, -0.25) is 0 Å². The van der Waals surface area contributed by atoms with E-state index in [1.54, 1.807) is 18.2 Å². The molecule has 0 aliphatic carbocycles. The average Bonchev–Trinajstić information content (AvgIpc) is 2.39. The van der Waals surface area contributed by atoms with E-state index < -0.39 is 0 Å². The third-order valence-electron chi connectivity index (χ3n) is 2.85. The van der Waals surface area contributed by atoms with Gasteiger partial charge in [0.2, 0.25) is 0 Å². The molecule has 0 aromatic heterocycles. The Hall–Kier alpha value is -1.50. The van der Waals surface area contributed by atoms with Gasteiger partial charge in [0.25, 0.3) is 0 Å². The van der Waals surface area contributed by atoms with Crippen LogP contribution in [0.1, 0.15) is 24.1 Å². The second-order valence-electron chi connectivity index (χ2n) is 4.19. The minimum absolute atomic E-state index is 0.0705. The molecule has 2 aromatic carbocycles. The van der Waals surface area contributed by atoms with Gasteiger partial charge >= 0.3 is 0 Å². The molecular formula is C15H12BrClN2. The van der Waals surface area contributed by atoms with E-state index in [0.717, 1.165) is 15.7 Å². The maximum absolute atomic E-state index is 9.11. The predicted molar refractivity (Wildman–Crippen MR) is 82.3 cm³/mol. The van der Waals surface area contributed by atoms with Crippen molar-refractivity contribution in [3.05, 3.63) is 63.1 Å². The lowest BCUT2D eigenvalue weighted by atomic mass is 10.1. The highest BCUT2D eigenvalue weighted by Crippen LogP contribution is 2.28. The molecule has 1 unspecified atom stereocenters. The fourth-order valence-electron chi connectivity index (χ4n) is 1.87. The zero-order valence-corrected chi connectivity index (χ0v) is 12.7. The first-order valence-electron chi connectivity index (χ1n) is 5.82. The number of nitrogens with one attached hydrogen (secondary N) is 1. The molecule has 0 bridgehead atoms. The van der Waals surface area contributed by atoms with E-state index in [1.165, 1.54) is 0 Å². The predicted octanol–water partition coefficient (Wildman–Crippen LogP) is 5.15. The quantitative estimate of drug-likeness (QED) is 0.842. The van der Waals surface area contributed by atoms with Gasteiger partial charge in [-0.2, -0.15) is 5.26 Å².